The molecule has 4 rings (SSSR count). The van der Waals surface area contributed by atoms with Gasteiger partial charge in [-0.3, -0.25) is 19.3 Å². The first-order valence-electron chi connectivity index (χ1n) is 10.2. The minimum absolute atomic E-state index is 0.102. The van der Waals surface area contributed by atoms with Crippen molar-refractivity contribution in [3.8, 4) is 11.5 Å². The highest BCUT2D eigenvalue weighted by molar-refractivity contribution is 5.97. The summed E-state index contributed by atoms with van der Waals surface area (Å²) in [5.41, 5.74) is 0.552. The molecule has 1 unspecified atom stereocenters. The van der Waals surface area contributed by atoms with E-state index >= 15 is 0 Å². The molecule has 0 bridgehead atoms. The Hall–Kier alpha value is -2.85. The highest BCUT2D eigenvalue weighted by Crippen LogP contribution is 2.34. The van der Waals surface area contributed by atoms with E-state index in [9.17, 15) is 14.4 Å². The van der Waals surface area contributed by atoms with Gasteiger partial charge in [0, 0.05) is 51.0 Å². The first kappa shape index (κ1) is 20.4. The molecule has 10 heteroatoms. The van der Waals surface area contributed by atoms with Crippen molar-refractivity contribution in [3.05, 3.63) is 18.2 Å². The molecule has 3 amide bonds. The summed E-state index contributed by atoms with van der Waals surface area (Å²) < 4.78 is 10.6. The molecule has 162 valence electrons. The van der Waals surface area contributed by atoms with Crippen LogP contribution >= 0.6 is 0 Å². The van der Waals surface area contributed by atoms with Gasteiger partial charge in [-0.2, -0.15) is 0 Å². The number of nitrogens with one attached hydrogen (secondary N) is 2. The van der Waals surface area contributed by atoms with E-state index < -0.39 is 6.04 Å². The molecule has 2 fully saturated rings. The molecule has 2 N–H and O–H groups in total. The SMILES string of the molecule is CN1CCN(CC(=O)N2CCNC(=O)C2CC(=O)Nc2ccc3c(c2)OCO3)CC1. The van der Waals surface area contributed by atoms with Crippen LogP contribution in [0.15, 0.2) is 18.2 Å². The van der Waals surface area contributed by atoms with Gasteiger partial charge in [-0.05, 0) is 19.2 Å². The number of hydrogen-bond donors (Lipinski definition) is 2. The van der Waals surface area contributed by atoms with Gasteiger partial charge in [0.05, 0.1) is 13.0 Å². The standard InChI is InChI=1S/C20H27N5O5/c1-23-6-8-24(9-7-23)12-19(27)25-5-4-21-20(28)15(25)11-18(26)22-14-2-3-16-17(10-14)30-13-29-16/h2-3,10,15H,4-9,11-13H2,1H3,(H,21,28)(H,22,26). The predicted octanol–water partition coefficient (Wildman–Crippen LogP) is -0.682. The third-order valence-corrected chi connectivity index (χ3v) is 5.64. The molecule has 1 aromatic carbocycles. The number of fused-ring (bicyclic) bond motifs is 1. The molecule has 1 aromatic rings. The molecule has 3 heterocycles. The number of rotatable bonds is 5. The fraction of sp³-hybridized carbons (Fsp3) is 0.550. The molecule has 10 nitrogen and oxygen atoms in total. The van der Waals surface area contributed by atoms with Crippen molar-refractivity contribution < 1.29 is 23.9 Å². The summed E-state index contributed by atoms with van der Waals surface area (Å²) in [5.74, 6) is 0.435. The van der Waals surface area contributed by atoms with Crippen molar-refractivity contribution >= 4 is 23.4 Å². The highest BCUT2D eigenvalue weighted by atomic mass is 16.7. The van der Waals surface area contributed by atoms with E-state index in [1.54, 1.807) is 18.2 Å². The number of benzene rings is 1. The molecule has 0 aliphatic carbocycles. The normalized spacial score (nSPS) is 22.0. The maximum absolute atomic E-state index is 12.9. The first-order chi connectivity index (χ1) is 14.5. The summed E-state index contributed by atoms with van der Waals surface area (Å²) in [6.45, 7) is 4.67. The Morgan fingerprint density at radius 1 is 1.13 bits per heavy atom. The second kappa shape index (κ2) is 8.88. The quantitative estimate of drug-likeness (QED) is 0.654. The van der Waals surface area contributed by atoms with Crippen LogP contribution in [0.4, 0.5) is 5.69 Å². The van der Waals surface area contributed by atoms with Crippen molar-refractivity contribution in [1.29, 1.82) is 0 Å². The fourth-order valence-corrected chi connectivity index (χ4v) is 3.87. The smallest absolute Gasteiger partial charge is 0.243 e. The Kier molecular flexibility index (Phi) is 6.05. The van der Waals surface area contributed by atoms with Gasteiger partial charge >= 0.3 is 0 Å². The van der Waals surface area contributed by atoms with Crippen LogP contribution in [0.1, 0.15) is 6.42 Å². The summed E-state index contributed by atoms with van der Waals surface area (Å²) in [7, 11) is 2.06. The van der Waals surface area contributed by atoms with Crippen molar-refractivity contribution in [2.75, 3.05) is 65.0 Å². The average Bonchev–Trinajstić information content (AvgIpc) is 3.19. The van der Waals surface area contributed by atoms with Crippen LogP contribution < -0.4 is 20.1 Å². The molecule has 30 heavy (non-hydrogen) atoms. The van der Waals surface area contributed by atoms with Gasteiger partial charge in [0.1, 0.15) is 6.04 Å². The van der Waals surface area contributed by atoms with Crippen LogP contribution in [-0.2, 0) is 14.4 Å². The Bertz CT molecular complexity index is 824. The molecule has 0 aromatic heterocycles. The van der Waals surface area contributed by atoms with Gasteiger partial charge in [0.15, 0.2) is 11.5 Å². The van der Waals surface area contributed by atoms with Crippen molar-refractivity contribution in [1.82, 2.24) is 20.0 Å². The van der Waals surface area contributed by atoms with Gasteiger partial charge in [-0.1, -0.05) is 0 Å². The van der Waals surface area contributed by atoms with Crippen LogP contribution in [0.25, 0.3) is 0 Å². The molecule has 0 radical (unpaired) electrons. The van der Waals surface area contributed by atoms with Crippen LogP contribution in [-0.4, -0.2) is 98.1 Å². The minimum atomic E-state index is -0.812. The van der Waals surface area contributed by atoms with E-state index in [0.29, 0.717) is 30.3 Å². The summed E-state index contributed by atoms with van der Waals surface area (Å²) in [5, 5.41) is 5.54. The minimum Gasteiger partial charge on any atom is -0.454 e. The Balaban J connectivity index is 1.36. The number of hydrogen-bond acceptors (Lipinski definition) is 7. The van der Waals surface area contributed by atoms with Crippen LogP contribution in [0.5, 0.6) is 11.5 Å². The monoisotopic (exact) mass is 417 g/mol. The fourth-order valence-electron chi connectivity index (χ4n) is 3.87. The van der Waals surface area contributed by atoms with Gasteiger partial charge in [0.25, 0.3) is 0 Å². The van der Waals surface area contributed by atoms with Crippen LogP contribution in [0.3, 0.4) is 0 Å². The largest absolute Gasteiger partial charge is 0.454 e. The van der Waals surface area contributed by atoms with E-state index in [0.717, 1.165) is 26.2 Å². The van der Waals surface area contributed by atoms with Gasteiger partial charge < -0.3 is 29.9 Å². The summed E-state index contributed by atoms with van der Waals surface area (Å²) in [6.07, 6.45) is -0.102. The number of carbonyl (C=O) groups is 3. The second-order valence-electron chi connectivity index (χ2n) is 7.79. The molecule has 2 saturated heterocycles. The van der Waals surface area contributed by atoms with E-state index in [2.05, 4.69) is 27.5 Å². The molecule has 3 aliphatic rings. The van der Waals surface area contributed by atoms with Crippen molar-refractivity contribution in [3.63, 3.8) is 0 Å². The lowest BCUT2D eigenvalue weighted by Crippen LogP contribution is -2.60. The number of piperazine rings is 2. The van der Waals surface area contributed by atoms with Crippen molar-refractivity contribution in [2.45, 2.75) is 12.5 Å². The number of carbonyl (C=O) groups excluding carboxylic acids is 3. The molecular weight excluding hydrogens is 390 g/mol. The third-order valence-electron chi connectivity index (χ3n) is 5.64. The van der Waals surface area contributed by atoms with Gasteiger partial charge in [0.2, 0.25) is 24.5 Å². The van der Waals surface area contributed by atoms with Gasteiger partial charge in [-0.25, -0.2) is 0 Å². The average molecular weight is 417 g/mol. The molecule has 1 atom stereocenters. The van der Waals surface area contributed by atoms with E-state index in [1.807, 2.05) is 0 Å². The number of likely N-dealkylation sites (N-methyl/N-ethyl adjacent to an activating group) is 1. The maximum atomic E-state index is 12.9. The lowest BCUT2D eigenvalue weighted by atomic mass is 10.1. The molecule has 3 aliphatic heterocycles. The zero-order valence-electron chi connectivity index (χ0n) is 17.1. The predicted molar refractivity (Wildman–Crippen MR) is 108 cm³/mol. The second-order valence-corrected chi connectivity index (χ2v) is 7.79. The summed E-state index contributed by atoms with van der Waals surface area (Å²) in [4.78, 5) is 43.8. The number of amides is 3. The van der Waals surface area contributed by atoms with E-state index in [1.165, 1.54) is 4.90 Å². The highest BCUT2D eigenvalue weighted by Gasteiger charge is 2.35. The van der Waals surface area contributed by atoms with E-state index in [-0.39, 0.29) is 37.5 Å². The molecular formula is C20H27N5O5. The van der Waals surface area contributed by atoms with Crippen LogP contribution in [0.2, 0.25) is 0 Å². The lowest BCUT2D eigenvalue weighted by molar-refractivity contribution is -0.145. The summed E-state index contributed by atoms with van der Waals surface area (Å²) >= 11 is 0. The Labute approximate surface area is 175 Å². The van der Waals surface area contributed by atoms with Crippen molar-refractivity contribution in [2.24, 2.45) is 0 Å². The molecule has 0 saturated carbocycles. The zero-order chi connectivity index (χ0) is 21.1. The number of ether oxygens (including phenoxy) is 2. The Morgan fingerprint density at radius 3 is 2.70 bits per heavy atom. The lowest BCUT2D eigenvalue weighted by Gasteiger charge is -2.37. The summed E-state index contributed by atoms with van der Waals surface area (Å²) in [6, 6.07) is 4.30. The maximum Gasteiger partial charge on any atom is 0.243 e. The topological polar surface area (TPSA) is 103 Å². The van der Waals surface area contributed by atoms with E-state index in [4.69, 9.17) is 9.47 Å². The van der Waals surface area contributed by atoms with Gasteiger partial charge in [-0.15, -0.1) is 0 Å². The third kappa shape index (κ3) is 4.65. The number of anilines is 1. The Morgan fingerprint density at radius 2 is 1.90 bits per heavy atom. The molecule has 0 spiro atoms. The number of nitrogens with zero attached hydrogens (tertiary/aromatic N) is 3. The van der Waals surface area contributed by atoms with Crippen LogP contribution in [0, 0.1) is 0 Å². The first-order valence-corrected chi connectivity index (χ1v) is 10.2. The zero-order valence-corrected chi connectivity index (χ0v) is 17.1.